The van der Waals surface area contributed by atoms with Crippen molar-refractivity contribution in [3.63, 3.8) is 0 Å². The lowest BCUT2D eigenvalue weighted by atomic mass is 10.4. The number of nitrogens with one attached hydrogen (secondary N) is 2. The molecule has 0 bridgehead atoms. The monoisotopic (exact) mass is 227 g/mol. The number of hydrogen-bond acceptors (Lipinski definition) is 4. The molecule has 4 nitrogen and oxygen atoms in total. The lowest BCUT2D eigenvalue weighted by molar-refractivity contribution is 0.0949. The van der Waals surface area contributed by atoms with Crippen molar-refractivity contribution < 1.29 is 4.79 Å². The van der Waals surface area contributed by atoms with Crippen LogP contribution in [0.4, 0.5) is 0 Å². The van der Waals surface area contributed by atoms with E-state index < -0.39 is 0 Å². The van der Waals surface area contributed by atoms with Crippen LogP contribution in [0.2, 0.25) is 0 Å². The summed E-state index contributed by atoms with van der Waals surface area (Å²) in [5, 5.41) is 8.73. The van der Waals surface area contributed by atoms with Crippen molar-refractivity contribution in [3.8, 4) is 0 Å². The molecule has 15 heavy (non-hydrogen) atoms. The predicted molar refractivity (Wildman–Crippen MR) is 62.3 cm³/mol. The molecule has 0 aromatic carbocycles. The van der Waals surface area contributed by atoms with Crippen molar-refractivity contribution >= 4 is 17.2 Å². The maximum atomic E-state index is 11.5. The summed E-state index contributed by atoms with van der Waals surface area (Å²) in [4.78, 5) is 15.6. The Hall–Kier alpha value is -0.940. The molecule has 0 aliphatic rings. The smallest absolute Gasteiger partial charge is 0.270 e. The SMILES string of the molecule is Cc1nc(C(=O)NCCNC(C)C)cs1. The molecule has 1 rings (SSSR count). The van der Waals surface area contributed by atoms with E-state index in [9.17, 15) is 4.79 Å². The molecule has 1 aromatic heterocycles. The van der Waals surface area contributed by atoms with E-state index in [0.29, 0.717) is 18.3 Å². The van der Waals surface area contributed by atoms with E-state index >= 15 is 0 Å². The maximum absolute atomic E-state index is 11.5. The van der Waals surface area contributed by atoms with E-state index in [1.807, 2.05) is 6.92 Å². The van der Waals surface area contributed by atoms with Gasteiger partial charge in [0.25, 0.3) is 5.91 Å². The van der Waals surface area contributed by atoms with Gasteiger partial charge in [0.15, 0.2) is 0 Å². The number of carbonyl (C=O) groups excluding carboxylic acids is 1. The van der Waals surface area contributed by atoms with Gasteiger partial charge < -0.3 is 10.6 Å². The van der Waals surface area contributed by atoms with E-state index in [1.165, 1.54) is 11.3 Å². The highest BCUT2D eigenvalue weighted by molar-refractivity contribution is 7.09. The second-order valence-electron chi connectivity index (χ2n) is 3.62. The van der Waals surface area contributed by atoms with Crippen LogP contribution in [-0.2, 0) is 0 Å². The fourth-order valence-corrected chi connectivity index (χ4v) is 1.69. The van der Waals surface area contributed by atoms with Crippen LogP contribution in [0.3, 0.4) is 0 Å². The van der Waals surface area contributed by atoms with Crippen LogP contribution in [-0.4, -0.2) is 30.0 Å². The molecule has 0 radical (unpaired) electrons. The van der Waals surface area contributed by atoms with Crippen molar-refractivity contribution in [1.82, 2.24) is 15.6 Å². The standard InChI is InChI=1S/C10H17N3OS/c1-7(2)11-4-5-12-10(14)9-6-15-8(3)13-9/h6-7,11H,4-5H2,1-3H3,(H,12,14). The molecule has 1 aromatic rings. The van der Waals surface area contributed by atoms with Crippen LogP contribution in [0.5, 0.6) is 0 Å². The van der Waals surface area contributed by atoms with Crippen molar-refractivity contribution in [2.75, 3.05) is 13.1 Å². The number of rotatable bonds is 5. The molecule has 0 saturated heterocycles. The number of aryl methyl sites for hydroxylation is 1. The molecule has 0 aliphatic heterocycles. The summed E-state index contributed by atoms with van der Waals surface area (Å²) >= 11 is 1.49. The summed E-state index contributed by atoms with van der Waals surface area (Å²) in [7, 11) is 0. The molecule has 0 unspecified atom stereocenters. The quantitative estimate of drug-likeness (QED) is 0.743. The van der Waals surface area contributed by atoms with E-state index in [-0.39, 0.29) is 5.91 Å². The molecular formula is C10H17N3OS. The largest absolute Gasteiger partial charge is 0.349 e. The summed E-state index contributed by atoms with van der Waals surface area (Å²) in [6.07, 6.45) is 0. The molecule has 0 aliphatic carbocycles. The van der Waals surface area contributed by atoms with Crippen LogP contribution in [0.15, 0.2) is 5.38 Å². The van der Waals surface area contributed by atoms with Gasteiger partial charge in [0.1, 0.15) is 5.69 Å². The van der Waals surface area contributed by atoms with Crippen LogP contribution in [0.25, 0.3) is 0 Å². The number of hydrogen-bond donors (Lipinski definition) is 2. The summed E-state index contributed by atoms with van der Waals surface area (Å²) in [6.45, 7) is 7.46. The van der Waals surface area contributed by atoms with Gasteiger partial charge in [0.2, 0.25) is 0 Å². The second-order valence-corrected chi connectivity index (χ2v) is 4.68. The van der Waals surface area contributed by atoms with Gasteiger partial charge in [-0.2, -0.15) is 0 Å². The topological polar surface area (TPSA) is 54.0 Å². The summed E-state index contributed by atoms with van der Waals surface area (Å²) in [6, 6.07) is 0.448. The molecular weight excluding hydrogens is 210 g/mol. The normalized spacial score (nSPS) is 10.7. The Kier molecular flexibility index (Phi) is 4.71. The second kappa shape index (κ2) is 5.82. The zero-order valence-electron chi connectivity index (χ0n) is 9.33. The number of amides is 1. The van der Waals surface area contributed by atoms with Gasteiger partial charge in [-0.1, -0.05) is 13.8 Å². The molecule has 2 N–H and O–H groups in total. The van der Waals surface area contributed by atoms with Gasteiger partial charge in [0, 0.05) is 24.5 Å². The van der Waals surface area contributed by atoms with Crippen molar-refractivity contribution in [3.05, 3.63) is 16.1 Å². The Morgan fingerprint density at radius 3 is 2.80 bits per heavy atom. The summed E-state index contributed by atoms with van der Waals surface area (Å²) in [5.74, 6) is -0.0927. The van der Waals surface area contributed by atoms with Gasteiger partial charge in [0.05, 0.1) is 5.01 Å². The minimum atomic E-state index is -0.0927. The first-order valence-electron chi connectivity index (χ1n) is 5.03. The number of carbonyl (C=O) groups is 1. The Balaban J connectivity index is 2.25. The Morgan fingerprint density at radius 1 is 1.53 bits per heavy atom. The van der Waals surface area contributed by atoms with E-state index in [1.54, 1.807) is 5.38 Å². The first kappa shape index (κ1) is 12.1. The van der Waals surface area contributed by atoms with Gasteiger partial charge >= 0.3 is 0 Å². The number of nitrogens with zero attached hydrogens (tertiary/aromatic N) is 1. The van der Waals surface area contributed by atoms with Gasteiger partial charge in [-0.05, 0) is 6.92 Å². The number of aromatic nitrogens is 1. The Labute approximate surface area is 94.1 Å². The van der Waals surface area contributed by atoms with Crippen molar-refractivity contribution in [2.24, 2.45) is 0 Å². The molecule has 5 heteroatoms. The molecule has 0 atom stereocenters. The van der Waals surface area contributed by atoms with Crippen LogP contribution < -0.4 is 10.6 Å². The van der Waals surface area contributed by atoms with Crippen LogP contribution in [0.1, 0.15) is 29.3 Å². The Bertz CT molecular complexity index is 322. The van der Waals surface area contributed by atoms with Crippen molar-refractivity contribution in [1.29, 1.82) is 0 Å². The van der Waals surface area contributed by atoms with Gasteiger partial charge in [-0.15, -0.1) is 11.3 Å². The number of thiazole rings is 1. The zero-order chi connectivity index (χ0) is 11.3. The molecule has 84 valence electrons. The molecule has 0 fully saturated rings. The van der Waals surface area contributed by atoms with Gasteiger partial charge in [-0.25, -0.2) is 4.98 Å². The lowest BCUT2D eigenvalue weighted by Crippen LogP contribution is -2.34. The average Bonchev–Trinajstić information content (AvgIpc) is 2.59. The minimum absolute atomic E-state index is 0.0927. The predicted octanol–water partition coefficient (Wildman–Crippen LogP) is 1.18. The van der Waals surface area contributed by atoms with E-state index in [0.717, 1.165) is 11.6 Å². The minimum Gasteiger partial charge on any atom is -0.349 e. The highest BCUT2D eigenvalue weighted by atomic mass is 32.1. The van der Waals surface area contributed by atoms with Gasteiger partial charge in [-0.3, -0.25) is 4.79 Å². The van der Waals surface area contributed by atoms with Crippen LogP contribution in [0, 0.1) is 6.92 Å². The third-order valence-corrected chi connectivity index (χ3v) is 2.59. The fraction of sp³-hybridized carbons (Fsp3) is 0.600. The molecule has 1 amide bonds. The fourth-order valence-electron chi connectivity index (χ4n) is 1.10. The highest BCUT2D eigenvalue weighted by Gasteiger charge is 2.07. The third kappa shape index (κ3) is 4.40. The Morgan fingerprint density at radius 2 is 2.27 bits per heavy atom. The highest BCUT2D eigenvalue weighted by Crippen LogP contribution is 2.07. The van der Waals surface area contributed by atoms with Crippen LogP contribution >= 0.6 is 11.3 Å². The maximum Gasteiger partial charge on any atom is 0.270 e. The average molecular weight is 227 g/mol. The van der Waals surface area contributed by atoms with Crippen molar-refractivity contribution in [2.45, 2.75) is 26.8 Å². The summed E-state index contributed by atoms with van der Waals surface area (Å²) < 4.78 is 0. The molecule has 0 saturated carbocycles. The summed E-state index contributed by atoms with van der Waals surface area (Å²) in [5.41, 5.74) is 0.516. The molecule has 1 heterocycles. The van der Waals surface area contributed by atoms with E-state index in [2.05, 4.69) is 29.5 Å². The zero-order valence-corrected chi connectivity index (χ0v) is 10.1. The lowest BCUT2D eigenvalue weighted by Gasteiger charge is -2.08. The first-order valence-corrected chi connectivity index (χ1v) is 5.91. The van der Waals surface area contributed by atoms with E-state index in [4.69, 9.17) is 0 Å². The first-order chi connectivity index (χ1) is 7.09. The molecule has 0 spiro atoms. The third-order valence-electron chi connectivity index (χ3n) is 1.81.